The number of thiophene rings is 1. The maximum Gasteiger partial charge on any atom is 0.338 e. The third-order valence-corrected chi connectivity index (χ3v) is 6.45. The Bertz CT molecular complexity index is 1090. The van der Waals surface area contributed by atoms with Gasteiger partial charge in [0.25, 0.3) is 0 Å². The molecule has 0 radical (unpaired) electrons. The third kappa shape index (κ3) is 3.69. The van der Waals surface area contributed by atoms with Gasteiger partial charge in [-0.15, -0.1) is 11.3 Å². The van der Waals surface area contributed by atoms with Crippen molar-refractivity contribution in [3.8, 4) is 0 Å². The first-order valence-corrected chi connectivity index (χ1v) is 11.1. The average Bonchev–Trinajstić information content (AvgIpc) is 3.13. The fourth-order valence-corrected chi connectivity index (χ4v) is 5.09. The Morgan fingerprint density at radius 1 is 1.36 bits per heavy atom. The van der Waals surface area contributed by atoms with Gasteiger partial charge in [0.1, 0.15) is 11.9 Å². The predicted octanol–water partition coefficient (Wildman–Crippen LogP) is 3.75. The van der Waals surface area contributed by atoms with Crippen LogP contribution >= 0.6 is 22.9 Å². The molecular weight excluding hydrogens is 427 g/mol. The molecule has 6 nitrogen and oxygen atoms in total. The second kappa shape index (κ2) is 7.65. The van der Waals surface area contributed by atoms with Gasteiger partial charge < -0.3 is 4.74 Å². The Labute approximate surface area is 171 Å². The molecule has 1 aromatic carbocycles. The lowest BCUT2D eigenvalue weighted by atomic mass is 9.95. The minimum absolute atomic E-state index is 0.0155. The van der Waals surface area contributed by atoms with Crippen LogP contribution in [0.25, 0.3) is 0 Å². The van der Waals surface area contributed by atoms with Crippen LogP contribution in [0.3, 0.4) is 0 Å². The van der Waals surface area contributed by atoms with Crippen molar-refractivity contribution in [1.29, 1.82) is 0 Å². The lowest BCUT2D eigenvalue weighted by Gasteiger charge is -2.33. The number of nitrogens with zero attached hydrogens (tertiary/aromatic N) is 2. The molecule has 0 saturated heterocycles. The van der Waals surface area contributed by atoms with Gasteiger partial charge in [0.05, 0.1) is 23.8 Å². The fraction of sp³-hybridized carbons (Fsp3) is 0.222. The normalized spacial score (nSPS) is 17.5. The molecule has 0 unspecified atom stereocenters. The zero-order valence-electron chi connectivity index (χ0n) is 15.1. The van der Waals surface area contributed by atoms with E-state index in [1.807, 2.05) is 0 Å². The lowest BCUT2D eigenvalue weighted by molar-refractivity contribution is -0.136. The van der Waals surface area contributed by atoms with E-state index in [9.17, 15) is 17.6 Å². The smallest absolute Gasteiger partial charge is 0.338 e. The summed E-state index contributed by atoms with van der Waals surface area (Å²) in [5.74, 6) is -1.12. The van der Waals surface area contributed by atoms with Crippen molar-refractivity contribution in [3.05, 3.63) is 68.3 Å². The predicted molar refractivity (Wildman–Crippen MR) is 106 cm³/mol. The summed E-state index contributed by atoms with van der Waals surface area (Å²) in [5.41, 5.74) is 0.532. The first-order chi connectivity index (χ1) is 13.1. The molecule has 10 heteroatoms. The Hall–Kier alpha value is -2.23. The molecule has 1 aliphatic rings. The number of ether oxygens (including phenoxy) is 1. The van der Waals surface area contributed by atoms with Crippen LogP contribution < -0.4 is 0 Å². The highest BCUT2D eigenvalue weighted by Crippen LogP contribution is 2.40. The van der Waals surface area contributed by atoms with Gasteiger partial charge in [-0.3, -0.25) is 4.99 Å². The standard InChI is InChI=1S/C18H16ClFN2O4S2/c1-10-15(18(23)26-2)16(12-7-6-11(20)9-13(12)19)21-17(14-5-4-8-27-14)22(10)28(3,24)25/h4-9,16H,1-3H3/t16-/m0/s1. The summed E-state index contributed by atoms with van der Waals surface area (Å²) in [6.45, 7) is 1.50. The SMILES string of the molecule is COC(=O)C1=C(C)N(S(C)(=O)=O)C(c2cccs2)=N[C@H]1c1ccc(F)cc1Cl. The fourth-order valence-electron chi connectivity index (χ4n) is 3.00. The van der Waals surface area contributed by atoms with Crippen LogP contribution in [0, 0.1) is 5.82 Å². The number of allylic oxidation sites excluding steroid dienone is 1. The van der Waals surface area contributed by atoms with Gasteiger partial charge in [0.2, 0.25) is 10.0 Å². The second-order valence-electron chi connectivity index (χ2n) is 6.02. The van der Waals surface area contributed by atoms with Crippen molar-refractivity contribution in [2.24, 2.45) is 4.99 Å². The Balaban J connectivity index is 2.32. The van der Waals surface area contributed by atoms with Gasteiger partial charge in [-0.2, -0.15) is 0 Å². The van der Waals surface area contributed by atoms with Gasteiger partial charge in [-0.1, -0.05) is 23.7 Å². The van der Waals surface area contributed by atoms with Crippen molar-refractivity contribution in [2.75, 3.05) is 13.4 Å². The molecule has 2 aromatic rings. The van der Waals surface area contributed by atoms with Crippen molar-refractivity contribution < 1.29 is 22.3 Å². The molecule has 1 atom stereocenters. The Morgan fingerprint density at radius 2 is 2.07 bits per heavy atom. The van der Waals surface area contributed by atoms with E-state index in [2.05, 4.69) is 4.99 Å². The van der Waals surface area contributed by atoms with Crippen LogP contribution in [0.15, 0.2) is 52.0 Å². The van der Waals surface area contributed by atoms with Crippen LogP contribution in [-0.4, -0.2) is 37.9 Å². The number of hydrogen-bond acceptors (Lipinski definition) is 6. The molecule has 0 amide bonds. The highest BCUT2D eigenvalue weighted by atomic mass is 35.5. The minimum atomic E-state index is -3.80. The molecule has 2 heterocycles. The Morgan fingerprint density at radius 3 is 2.61 bits per heavy atom. The van der Waals surface area contributed by atoms with E-state index in [1.54, 1.807) is 17.5 Å². The van der Waals surface area contributed by atoms with Crippen LogP contribution in [-0.2, 0) is 19.6 Å². The number of esters is 1. The summed E-state index contributed by atoms with van der Waals surface area (Å²) in [7, 11) is -2.61. The van der Waals surface area contributed by atoms with Crippen molar-refractivity contribution in [3.63, 3.8) is 0 Å². The molecule has 28 heavy (non-hydrogen) atoms. The third-order valence-electron chi connectivity index (χ3n) is 4.15. The number of halogens is 2. The molecule has 0 saturated carbocycles. The number of methoxy groups -OCH3 is 1. The van der Waals surface area contributed by atoms with Gasteiger partial charge >= 0.3 is 5.97 Å². The zero-order valence-corrected chi connectivity index (χ0v) is 17.5. The van der Waals surface area contributed by atoms with E-state index in [4.69, 9.17) is 16.3 Å². The van der Waals surface area contributed by atoms with E-state index in [0.29, 0.717) is 10.4 Å². The number of benzene rings is 1. The summed E-state index contributed by atoms with van der Waals surface area (Å²) in [5, 5.41) is 1.86. The molecule has 148 valence electrons. The van der Waals surface area contributed by atoms with E-state index in [1.165, 1.54) is 37.5 Å². The summed E-state index contributed by atoms with van der Waals surface area (Å²) in [4.78, 5) is 17.7. The minimum Gasteiger partial charge on any atom is -0.466 e. The topological polar surface area (TPSA) is 76.0 Å². The highest BCUT2D eigenvalue weighted by Gasteiger charge is 2.39. The van der Waals surface area contributed by atoms with E-state index < -0.39 is 27.9 Å². The van der Waals surface area contributed by atoms with Crippen molar-refractivity contribution in [1.82, 2.24) is 4.31 Å². The summed E-state index contributed by atoms with van der Waals surface area (Å²) in [6, 6.07) is 6.28. The van der Waals surface area contributed by atoms with Crippen LogP contribution in [0.1, 0.15) is 23.4 Å². The highest BCUT2D eigenvalue weighted by molar-refractivity contribution is 7.89. The second-order valence-corrected chi connectivity index (χ2v) is 9.20. The summed E-state index contributed by atoms with van der Waals surface area (Å²) < 4.78 is 44.4. The van der Waals surface area contributed by atoms with Gasteiger partial charge in [0, 0.05) is 16.3 Å². The quantitative estimate of drug-likeness (QED) is 0.676. The van der Waals surface area contributed by atoms with Crippen LogP contribution in [0.5, 0.6) is 0 Å². The average molecular weight is 443 g/mol. The summed E-state index contributed by atoms with van der Waals surface area (Å²) in [6.07, 6.45) is 1.03. The number of amidine groups is 1. The first-order valence-electron chi connectivity index (χ1n) is 8.01. The molecular formula is C18H16ClFN2O4S2. The number of carbonyl (C=O) groups is 1. The number of sulfonamides is 1. The van der Waals surface area contributed by atoms with E-state index >= 15 is 0 Å². The molecule has 3 rings (SSSR count). The molecule has 0 N–H and O–H groups in total. The Kier molecular flexibility index (Phi) is 5.60. The molecule has 1 aromatic heterocycles. The molecule has 0 spiro atoms. The number of aliphatic imine (C=N–C) groups is 1. The number of rotatable bonds is 4. The van der Waals surface area contributed by atoms with Gasteiger partial charge in [0.15, 0.2) is 5.84 Å². The summed E-state index contributed by atoms with van der Waals surface area (Å²) >= 11 is 7.51. The largest absolute Gasteiger partial charge is 0.466 e. The van der Waals surface area contributed by atoms with Crippen LogP contribution in [0.4, 0.5) is 4.39 Å². The number of hydrogen-bond donors (Lipinski definition) is 0. The maximum absolute atomic E-state index is 13.5. The molecule has 0 bridgehead atoms. The number of carbonyl (C=O) groups excluding carboxylic acids is 1. The van der Waals surface area contributed by atoms with E-state index in [-0.39, 0.29) is 22.1 Å². The van der Waals surface area contributed by atoms with Crippen molar-refractivity contribution >= 4 is 44.8 Å². The van der Waals surface area contributed by atoms with Gasteiger partial charge in [-0.25, -0.2) is 21.9 Å². The van der Waals surface area contributed by atoms with Crippen molar-refractivity contribution in [2.45, 2.75) is 13.0 Å². The monoisotopic (exact) mass is 442 g/mol. The molecule has 0 aliphatic carbocycles. The first kappa shape index (κ1) is 20.5. The molecule has 1 aliphatic heterocycles. The van der Waals surface area contributed by atoms with Crippen LogP contribution in [0.2, 0.25) is 5.02 Å². The van der Waals surface area contributed by atoms with Gasteiger partial charge in [-0.05, 0) is 30.5 Å². The maximum atomic E-state index is 13.5. The molecule has 0 fully saturated rings. The van der Waals surface area contributed by atoms with E-state index in [0.717, 1.165) is 16.6 Å². The lowest BCUT2D eigenvalue weighted by Crippen LogP contribution is -2.40. The zero-order chi connectivity index (χ0) is 20.6.